The minimum Gasteiger partial charge on any atom is -0.456 e. The zero-order valence-corrected chi connectivity index (χ0v) is 16.7. The van der Waals surface area contributed by atoms with Crippen molar-refractivity contribution < 1.29 is 89.3 Å². The van der Waals surface area contributed by atoms with Gasteiger partial charge >= 0.3 is 59.3 Å². The molecule has 0 aliphatic carbocycles. The second-order valence-electron chi connectivity index (χ2n) is 6.48. The lowest BCUT2D eigenvalue weighted by atomic mass is 9.88. The first kappa shape index (κ1) is 33.3. The number of rotatable bonds is 13. The maximum Gasteiger partial charge on any atom is 0.385 e. The summed E-state index contributed by atoms with van der Waals surface area (Å²) in [4.78, 5) is 21.2. The fourth-order valence-electron chi connectivity index (χ4n) is 1.87. The Balaban J connectivity index is 6.60. The molecular weight excluding hydrogens is 560 g/mol. The molecular formula is C16H10F16O4. The van der Waals surface area contributed by atoms with Crippen LogP contribution in [0.4, 0.5) is 70.2 Å². The van der Waals surface area contributed by atoms with Crippen molar-refractivity contribution >= 4 is 11.9 Å². The SMILES string of the molecule is C=CC(=O)OCC(F)(F)C(F)(F)C(F)(F)C(F)(F)C(F)(F)C(F)(F)C(F)(F)C(F)(F)COC(=O)C=C. The average Bonchev–Trinajstić information content (AvgIpc) is 2.74. The van der Waals surface area contributed by atoms with E-state index >= 15 is 0 Å². The third-order valence-electron chi connectivity index (χ3n) is 4.02. The molecule has 4 nitrogen and oxygen atoms in total. The Hall–Kier alpha value is -2.70. The lowest BCUT2D eigenvalue weighted by Crippen LogP contribution is -2.75. The summed E-state index contributed by atoms with van der Waals surface area (Å²) < 4.78 is 223. The van der Waals surface area contributed by atoms with Gasteiger partial charge < -0.3 is 9.47 Å². The molecule has 0 aliphatic heterocycles. The van der Waals surface area contributed by atoms with Gasteiger partial charge in [0.1, 0.15) is 0 Å². The van der Waals surface area contributed by atoms with E-state index in [9.17, 15) is 79.8 Å². The molecule has 36 heavy (non-hydrogen) atoms. The van der Waals surface area contributed by atoms with Gasteiger partial charge in [-0.2, -0.15) is 70.2 Å². The average molecular weight is 570 g/mol. The summed E-state index contributed by atoms with van der Waals surface area (Å²) in [6.45, 7) is -1.52. The van der Waals surface area contributed by atoms with E-state index in [0.29, 0.717) is 0 Å². The monoisotopic (exact) mass is 570 g/mol. The van der Waals surface area contributed by atoms with Crippen molar-refractivity contribution in [2.45, 2.75) is 47.4 Å². The topological polar surface area (TPSA) is 52.6 Å². The van der Waals surface area contributed by atoms with E-state index in [1.165, 1.54) is 0 Å². The number of carbonyl (C=O) groups excluding carboxylic acids is 2. The smallest absolute Gasteiger partial charge is 0.385 e. The number of ether oxygens (including phenoxy) is 2. The van der Waals surface area contributed by atoms with Gasteiger partial charge in [0.2, 0.25) is 0 Å². The van der Waals surface area contributed by atoms with Crippen LogP contribution in [-0.4, -0.2) is 72.5 Å². The van der Waals surface area contributed by atoms with E-state index in [1.54, 1.807) is 0 Å². The van der Waals surface area contributed by atoms with Gasteiger partial charge in [-0.25, -0.2) is 9.59 Å². The molecule has 0 aliphatic rings. The Bertz CT molecular complexity index is 794. The summed E-state index contributed by atoms with van der Waals surface area (Å²) in [6.07, 6.45) is -0.130. The molecule has 0 N–H and O–H groups in total. The molecule has 0 unspecified atom stereocenters. The van der Waals surface area contributed by atoms with Crippen molar-refractivity contribution in [1.82, 2.24) is 0 Å². The van der Waals surface area contributed by atoms with E-state index in [0.717, 1.165) is 0 Å². The molecule has 0 amide bonds. The van der Waals surface area contributed by atoms with Crippen LogP contribution in [0.5, 0.6) is 0 Å². The van der Waals surface area contributed by atoms with Gasteiger partial charge in [0, 0.05) is 12.2 Å². The summed E-state index contributed by atoms with van der Waals surface area (Å²) in [6, 6.07) is 0. The maximum absolute atomic E-state index is 13.7. The first-order chi connectivity index (χ1) is 15.7. The van der Waals surface area contributed by atoms with E-state index in [1.807, 2.05) is 0 Å². The van der Waals surface area contributed by atoms with Crippen LogP contribution in [0.15, 0.2) is 25.3 Å². The van der Waals surface area contributed by atoms with Crippen LogP contribution in [0.3, 0.4) is 0 Å². The van der Waals surface area contributed by atoms with Gasteiger partial charge in [-0.3, -0.25) is 0 Å². The lowest BCUT2D eigenvalue weighted by molar-refractivity contribution is -0.454. The maximum atomic E-state index is 13.7. The van der Waals surface area contributed by atoms with Crippen LogP contribution >= 0.6 is 0 Å². The Morgan fingerprint density at radius 2 is 0.667 bits per heavy atom. The van der Waals surface area contributed by atoms with E-state index in [2.05, 4.69) is 22.6 Å². The third kappa shape index (κ3) is 4.94. The summed E-state index contributed by atoms with van der Waals surface area (Å²) >= 11 is 0. The lowest BCUT2D eigenvalue weighted by Gasteiger charge is -2.43. The zero-order valence-electron chi connectivity index (χ0n) is 16.7. The normalized spacial score (nSPS) is 14.8. The number of hydrogen-bond acceptors (Lipinski definition) is 4. The molecule has 0 heterocycles. The first-order valence-electron chi connectivity index (χ1n) is 8.27. The fourth-order valence-corrected chi connectivity index (χ4v) is 1.87. The standard InChI is InChI=1S/C16H10F16O4/c1-3-7(33)35-5-9(17,18)11(21,22)13(25,26)15(29,30)16(31,32)14(27,28)12(23,24)10(19,20)6-36-8(34)4-2/h3-4H,1-2,5-6H2. The van der Waals surface area contributed by atoms with Crippen molar-refractivity contribution in [2.75, 3.05) is 13.2 Å². The molecule has 210 valence electrons. The Kier molecular flexibility index (Phi) is 8.92. The Labute approximate surface area is 188 Å². The van der Waals surface area contributed by atoms with Crippen LogP contribution in [0.1, 0.15) is 0 Å². The minimum absolute atomic E-state index is 0.0652. The van der Waals surface area contributed by atoms with Crippen molar-refractivity contribution in [2.24, 2.45) is 0 Å². The zero-order chi connectivity index (χ0) is 29.4. The molecule has 0 aromatic carbocycles. The fraction of sp³-hybridized carbons (Fsp3) is 0.625. The molecule has 0 aromatic heterocycles. The second kappa shape index (κ2) is 9.64. The van der Waals surface area contributed by atoms with E-state index < -0.39 is 72.5 Å². The summed E-state index contributed by atoms with van der Waals surface area (Å²) in [5.41, 5.74) is 0. The molecule has 0 spiro atoms. The van der Waals surface area contributed by atoms with Crippen molar-refractivity contribution in [3.8, 4) is 0 Å². The Morgan fingerprint density at radius 3 is 0.861 bits per heavy atom. The highest BCUT2D eigenvalue weighted by atomic mass is 19.4. The number of hydrogen-bond donors (Lipinski definition) is 0. The molecule has 0 rings (SSSR count). The highest BCUT2D eigenvalue weighted by Gasteiger charge is 2.94. The largest absolute Gasteiger partial charge is 0.456 e. The molecule has 0 bridgehead atoms. The van der Waals surface area contributed by atoms with Crippen LogP contribution in [0, 0.1) is 0 Å². The van der Waals surface area contributed by atoms with Crippen LogP contribution in [0.2, 0.25) is 0 Å². The molecule has 0 aromatic rings. The van der Waals surface area contributed by atoms with Crippen LogP contribution in [0.25, 0.3) is 0 Å². The van der Waals surface area contributed by atoms with Gasteiger partial charge in [-0.1, -0.05) is 13.2 Å². The highest BCUT2D eigenvalue weighted by Crippen LogP contribution is 2.63. The third-order valence-corrected chi connectivity index (χ3v) is 4.02. The quantitative estimate of drug-likeness (QED) is 0.166. The van der Waals surface area contributed by atoms with Gasteiger partial charge in [0.15, 0.2) is 13.2 Å². The van der Waals surface area contributed by atoms with Gasteiger partial charge in [0.25, 0.3) is 0 Å². The molecule has 0 saturated carbocycles. The van der Waals surface area contributed by atoms with Crippen LogP contribution in [-0.2, 0) is 19.1 Å². The van der Waals surface area contributed by atoms with Gasteiger partial charge in [-0.05, 0) is 0 Å². The molecule has 0 fully saturated rings. The van der Waals surface area contributed by atoms with Crippen molar-refractivity contribution in [1.29, 1.82) is 0 Å². The number of esters is 2. The van der Waals surface area contributed by atoms with Gasteiger partial charge in [-0.15, -0.1) is 0 Å². The van der Waals surface area contributed by atoms with Crippen molar-refractivity contribution in [3.05, 3.63) is 25.3 Å². The Morgan fingerprint density at radius 1 is 0.472 bits per heavy atom. The first-order valence-corrected chi connectivity index (χ1v) is 8.27. The van der Waals surface area contributed by atoms with E-state index in [4.69, 9.17) is 0 Å². The number of halogens is 16. The molecule has 0 atom stereocenters. The molecule has 0 saturated heterocycles. The summed E-state index contributed by atoms with van der Waals surface area (Å²) in [5, 5.41) is 0. The summed E-state index contributed by atoms with van der Waals surface area (Å²) in [7, 11) is 0. The number of alkyl halides is 16. The molecule has 20 heteroatoms. The van der Waals surface area contributed by atoms with Crippen LogP contribution < -0.4 is 0 Å². The van der Waals surface area contributed by atoms with Crippen molar-refractivity contribution in [3.63, 3.8) is 0 Å². The highest BCUT2D eigenvalue weighted by molar-refractivity contribution is 5.81. The predicted molar refractivity (Wildman–Crippen MR) is 81.9 cm³/mol. The van der Waals surface area contributed by atoms with Gasteiger partial charge in [0.05, 0.1) is 0 Å². The summed E-state index contributed by atoms with van der Waals surface area (Å²) in [5.74, 6) is -67.5. The second-order valence-corrected chi connectivity index (χ2v) is 6.48. The predicted octanol–water partition coefficient (Wildman–Crippen LogP) is 5.53. The van der Waals surface area contributed by atoms with E-state index in [-0.39, 0.29) is 12.2 Å². The molecule has 0 radical (unpaired) electrons. The number of carbonyl (C=O) groups is 2. The minimum atomic E-state index is -8.63.